The zero-order valence-corrected chi connectivity index (χ0v) is 10.7. The lowest BCUT2D eigenvalue weighted by molar-refractivity contribution is 0.102. The molecule has 88 valence electrons. The fourth-order valence-electron chi connectivity index (χ4n) is 1.40. The summed E-state index contributed by atoms with van der Waals surface area (Å²) in [5, 5.41) is 9.01. The summed E-state index contributed by atoms with van der Waals surface area (Å²) in [4.78, 5) is 11.9. The first-order chi connectivity index (χ1) is 8.08. The maximum atomic E-state index is 11.9. The fourth-order valence-corrected chi connectivity index (χ4v) is 1.76. The van der Waals surface area contributed by atoms with Crippen LogP contribution < -0.4 is 11.1 Å². The number of anilines is 2. The highest BCUT2D eigenvalue weighted by Crippen LogP contribution is 2.21. The molecule has 1 aromatic heterocycles. The van der Waals surface area contributed by atoms with Gasteiger partial charge in [0.15, 0.2) is 0 Å². The maximum absolute atomic E-state index is 11.9. The number of rotatable bonds is 2. The predicted molar refractivity (Wildman–Crippen MR) is 69.8 cm³/mol. The van der Waals surface area contributed by atoms with Crippen LogP contribution in [0.4, 0.5) is 11.5 Å². The van der Waals surface area contributed by atoms with Crippen LogP contribution in [0, 0.1) is 6.92 Å². The maximum Gasteiger partial charge on any atom is 0.261 e. The first-order valence-electron chi connectivity index (χ1n) is 4.94. The van der Waals surface area contributed by atoms with Crippen LogP contribution in [-0.2, 0) is 0 Å². The molecule has 0 saturated heterocycles. The number of benzene rings is 1. The van der Waals surface area contributed by atoms with Gasteiger partial charge in [-0.2, -0.15) is 5.10 Å². The Morgan fingerprint density at radius 2 is 2.29 bits per heavy atom. The van der Waals surface area contributed by atoms with Crippen molar-refractivity contribution in [2.24, 2.45) is 0 Å². The molecule has 1 amide bonds. The molecule has 2 aromatic rings. The zero-order chi connectivity index (χ0) is 12.4. The van der Waals surface area contributed by atoms with Crippen molar-refractivity contribution in [3.05, 3.63) is 40.0 Å². The normalized spacial score (nSPS) is 10.2. The number of nitrogens with zero attached hydrogens (tertiary/aromatic N) is 1. The molecule has 5 nitrogen and oxygen atoms in total. The summed E-state index contributed by atoms with van der Waals surface area (Å²) in [6.45, 7) is 1.92. The van der Waals surface area contributed by atoms with Crippen molar-refractivity contribution in [3.8, 4) is 0 Å². The van der Waals surface area contributed by atoms with Crippen LogP contribution in [0.2, 0.25) is 0 Å². The van der Waals surface area contributed by atoms with E-state index in [1.165, 1.54) is 6.20 Å². The number of carbonyl (C=O) groups excluding carboxylic acids is 1. The van der Waals surface area contributed by atoms with Crippen molar-refractivity contribution in [3.63, 3.8) is 0 Å². The minimum Gasteiger partial charge on any atom is -0.383 e. The molecule has 0 aliphatic rings. The number of nitrogens with one attached hydrogen (secondary N) is 2. The largest absolute Gasteiger partial charge is 0.383 e. The van der Waals surface area contributed by atoms with Crippen LogP contribution in [0.25, 0.3) is 0 Å². The third-order valence-electron chi connectivity index (χ3n) is 2.36. The second-order valence-electron chi connectivity index (χ2n) is 3.61. The quantitative estimate of drug-likeness (QED) is 0.795. The van der Waals surface area contributed by atoms with E-state index in [-0.39, 0.29) is 11.7 Å². The van der Waals surface area contributed by atoms with Gasteiger partial charge in [-0.3, -0.25) is 9.89 Å². The molecular weight excluding hydrogens is 284 g/mol. The van der Waals surface area contributed by atoms with E-state index in [0.717, 1.165) is 15.7 Å². The average molecular weight is 295 g/mol. The van der Waals surface area contributed by atoms with E-state index in [4.69, 9.17) is 5.73 Å². The predicted octanol–water partition coefficient (Wildman–Crippen LogP) is 2.32. The van der Waals surface area contributed by atoms with Crippen molar-refractivity contribution in [1.29, 1.82) is 0 Å². The zero-order valence-electron chi connectivity index (χ0n) is 9.12. The monoisotopic (exact) mass is 294 g/mol. The van der Waals surface area contributed by atoms with E-state index in [1.807, 2.05) is 25.1 Å². The lowest BCUT2D eigenvalue weighted by atomic mass is 10.2. The van der Waals surface area contributed by atoms with Crippen LogP contribution in [0.1, 0.15) is 15.9 Å². The van der Waals surface area contributed by atoms with E-state index < -0.39 is 0 Å². The molecule has 1 aromatic carbocycles. The van der Waals surface area contributed by atoms with Crippen LogP contribution in [-0.4, -0.2) is 16.1 Å². The van der Waals surface area contributed by atoms with Gasteiger partial charge < -0.3 is 11.1 Å². The summed E-state index contributed by atoms with van der Waals surface area (Å²) in [6, 6.07) is 5.67. The SMILES string of the molecule is Cc1ccc(Br)cc1NC(=O)c1cn[nH]c1N. The summed E-state index contributed by atoms with van der Waals surface area (Å²) < 4.78 is 0.901. The third kappa shape index (κ3) is 2.47. The molecule has 2 rings (SSSR count). The molecule has 17 heavy (non-hydrogen) atoms. The topological polar surface area (TPSA) is 83.8 Å². The Morgan fingerprint density at radius 3 is 2.94 bits per heavy atom. The standard InChI is InChI=1S/C11H11BrN4O/c1-6-2-3-7(12)4-9(6)15-11(17)8-5-14-16-10(8)13/h2-5H,1H3,(H,15,17)(H3,13,14,16). The summed E-state index contributed by atoms with van der Waals surface area (Å²) in [6.07, 6.45) is 1.40. The summed E-state index contributed by atoms with van der Waals surface area (Å²) >= 11 is 3.35. The number of H-pyrrole nitrogens is 1. The first-order valence-corrected chi connectivity index (χ1v) is 5.73. The van der Waals surface area contributed by atoms with Gasteiger partial charge in [0.2, 0.25) is 0 Å². The number of aromatic nitrogens is 2. The lowest BCUT2D eigenvalue weighted by Crippen LogP contribution is -2.13. The number of hydrogen-bond acceptors (Lipinski definition) is 3. The lowest BCUT2D eigenvalue weighted by Gasteiger charge is -2.08. The molecule has 1 heterocycles. The van der Waals surface area contributed by atoms with Crippen LogP contribution in [0.3, 0.4) is 0 Å². The van der Waals surface area contributed by atoms with Crippen molar-refractivity contribution in [2.75, 3.05) is 11.1 Å². The molecule has 0 fully saturated rings. The van der Waals surface area contributed by atoms with E-state index in [1.54, 1.807) is 0 Å². The molecule has 6 heteroatoms. The highest BCUT2D eigenvalue weighted by molar-refractivity contribution is 9.10. The minimum absolute atomic E-state index is 0.259. The number of aromatic amines is 1. The second kappa shape index (κ2) is 4.58. The Kier molecular flexibility index (Phi) is 3.14. The number of nitrogen functional groups attached to an aromatic ring is 1. The van der Waals surface area contributed by atoms with Gasteiger partial charge in [-0.15, -0.1) is 0 Å². The number of carbonyl (C=O) groups is 1. The highest BCUT2D eigenvalue weighted by atomic mass is 79.9. The Balaban J connectivity index is 2.24. The number of halogens is 1. The van der Waals surface area contributed by atoms with Crippen molar-refractivity contribution >= 4 is 33.3 Å². The number of aryl methyl sites for hydroxylation is 1. The number of amides is 1. The summed E-state index contributed by atoms with van der Waals surface area (Å²) in [5.41, 5.74) is 7.63. The molecule has 0 radical (unpaired) electrons. The van der Waals surface area contributed by atoms with Gasteiger partial charge >= 0.3 is 0 Å². The molecule has 0 aliphatic carbocycles. The molecule has 0 unspecified atom stereocenters. The van der Waals surface area contributed by atoms with Gasteiger partial charge in [0.1, 0.15) is 11.4 Å². The molecule has 4 N–H and O–H groups in total. The molecule has 0 saturated carbocycles. The third-order valence-corrected chi connectivity index (χ3v) is 2.85. The molecule has 0 bridgehead atoms. The van der Waals surface area contributed by atoms with Crippen LogP contribution >= 0.6 is 15.9 Å². The average Bonchev–Trinajstić information content (AvgIpc) is 2.70. The van der Waals surface area contributed by atoms with Gasteiger partial charge in [0.25, 0.3) is 5.91 Å². The molecule has 0 atom stereocenters. The molecule has 0 aliphatic heterocycles. The summed E-state index contributed by atoms with van der Waals surface area (Å²) in [5.74, 6) is -0.0207. The second-order valence-corrected chi connectivity index (χ2v) is 4.53. The Bertz CT molecular complexity index is 564. The van der Waals surface area contributed by atoms with Crippen molar-refractivity contribution < 1.29 is 4.79 Å². The minimum atomic E-state index is -0.280. The van der Waals surface area contributed by atoms with E-state index in [9.17, 15) is 4.79 Å². The highest BCUT2D eigenvalue weighted by Gasteiger charge is 2.12. The Morgan fingerprint density at radius 1 is 1.53 bits per heavy atom. The van der Waals surface area contributed by atoms with Gasteiger partial charge in [-0.1, -0.05) is 22.0 Å². The summed E-state index contributed by atoms with van der Waals surface area (Å²) in [7, 11) is 0. The molecular formula is C11H11BrN4O. The Labute approximate surface area is 107 Å². The van der Waals surface area contributed by atoms with E-state index >= 15 is 0 Å². The molecule has 0 spiro atoms. The smallest absolute Gasteiger partial charge is 0.261 e. The van der Waals surface area contributed by atoms with Gasteiger partial charge in [-0.25, -0.2) is 0 Å². The number of hydrogen-bond donors (Lipinski definition) is 3. The fraction of sp³-hybridized carbons (Fsp3) is 0.0909. The van der Waals surface area contributed by atoms with E-state index in [0.29, 0.717) is 5.56 Å². The van der Waals surface area contributed by atoms with Gasteiger partial charge in [-0.05, 0) is 24.6 Å². The van der Waals surface area contributed by atoms with Gasteiger partial charge in [0, 0.05) is 10.2 Å². The van der Waals surface area contributed by atoms with Crippen molar-refractivity contribution in [1.82, 2.24) is 10.2 Å². The Hall–Kier alpha value is -1.82. The van der Waals surface area contributed by atoms with Crippen molar-refractivity contribution in [2.45, 2.75) is 6.92 Å². The van der Waals surface area contributed by atoms with E-state index in [2.05, 4.69) is 31.4 Å². The first kappa shape index (κ1) is 11.7. The van der Waals surface area contributed by atoms with Gasteiger partial charge in [0.05, 0.1) is 6.20 Å². The van der Waals surface area contributed by atoms with Crippen LogP contribution in [0.15, 0.2) is 28.9 Å². The van der Waals surface area contributed by atoms with Crippen LogP contribution in [0.5, 0.6) is 0 Å². The number of nitrogens with two attached hydrogens (primary N) is 1.